The third kappa shape index (κ3) is 4.53. The van der Waals surface area contributed by atoms with E-state index >= 15 is 0 Å². The monoisotopic (exact) mass is 391 g/mol. The van der Waals surface area contributed by atoms with Crippen LogP contribution in [0.15, 0.2) is 47.0 Å². The van der Waals surface area contributed by atoms with Gasteiger partial charge in [0.2, 0.25) is 17.6 Å². The maximum absolute atomic E-state index is 12.1. The minimum absolute atomic E-state index is 0.179. The smallest absolute Gasteiger partial charge is 0.227 e. The zero-order valence-electron chi connectivity index (χ0n) is 13.8. The van der Waals surface area contributed by atoms with Gasteiger partial charge >= 0.3 is 0 Å². The number of hydrogen-bond acceptors (Lipinski definition) is 5. The molecule has 1 N–H and O–H groups in total. The summed E-state index contributed by atoms with van der Waals surface area (Å²) in [4.78, 5) is 16.4. The molecule has 8 heteroatoms. The van der Waals surface area contributed by atoms with Gasteiger partial charge in [-0.15, -0.1) is 0 Å². The van der Waals surface area contributed by atoms with Crippen molar-refractivity contribution in [2.75, 3.05) is 12.4 Å². The number of ether oxygens (including phenoxy) is 1. The fourth-order valence-electron chi connectivity index (χ4n) is 2.26. The summed E-state index contributed by atoms with van der Waals surface area (Å²) < 4.78 is 10.4. The van der Waals surface area contributed by atoms with Crippen molar-refractivity contribution in [3.8, 4) is 17.1 Å². The number of rotatable bonds is 6. The Hall–Kier alpha value is -2.57. The van der Waals surface area contributed by atoms with Crippen LogP contribution in [0.1, 0.15) is 12.3 Å². The Morgan fingerprint density at radius 1 is 1.23 bits per heavy atom. The molecule has 0 aliphatic carbocycles. The van der Waals surface area contributed by atoms with E-state index in [1.165, 1.54) is 0 Å². The van der Waals surface area contributed by atoms with E-state index in [0.717, 1.165) is 5.56 Å². The predicted molar refractivity (Wildman–Crippen MR) is 99.7 cm³/mol. The third-order valence-corrected chi connectivity index (χ3v) is 4.11. The molecule has 0 fully saturated rings. The van der Waals surface area contributed by atoms with Crippen LogP contribution in [0.4, 0.5) is 5.69 Å². The van der Waals surface area contributed by atoms with Gasteiger partial charge in [-0.05, 0) is 30.3 Å². The second-order valence-electron chi connectivity index (χ2n) is 5.42. The number of methoxy groups -OCH3 is 1. The minimum Gasteiger partial charge on any atom is -0.497 e. The van der Waals surface area contributed by atoms with E-state index in [1.807, 2.05) is 24.3 Å². The summed E-state index contributed by atoms with van der Waals surface area (Å²) >= 11 is 11.9. The SMILES string of the molecule is COc1cccc(-c2noc(CCC(=O)Nc3ccc(Cl)cc3Cl)n2)c1. The van der Waals surface area contributed by atoms with Gasteiger partial charge in [-0.25, -0.2) is 0 Å². The van der Waals surface area contributed by atoms with E-state index in [-0.39, 0.29) is 12.3 Å². The van der Waals surface area contributed by atoms with Crippen LogP contribution in [-0.4, -0.2) is 23.2 Å². The van der Waals surface area contributed by atoms with Crippen LogP contribution in [0, 0.1) is 0 Å². The number of anilines is 1. The minimum atomic E-state index is -0.213. The lowest BCUT2D eigenvalue weighted by Gasteiger charge is -2.06. The molecule has 1 heterocycles. The van der Waals surface area contributed by atoms with E-state index in [2.05, 4.69) is 15.5 Å². The topological polar surface area (TPSA) is 77.2 Å². The molecule has 0 spiro atoms. The van der Waals surface area contributed by atoms with Gasteiger partial charge in [-0.1, -0.05) is 40.5 Å². The first-order valence-electron chi connectivity index (χ1n) is 7.77. The highest BCUT2D eigenvalue weighted by atomic mass is 35.5. The second-order valence-corrected chi connectivity index (χ2v) is 6.26. The molecule has 2 aromatic carbocycles. The van der Waals surface area contributed by atoms with Crippen LogP contribution in [-0.2, 0) is 11.2 Å². The predicted octanol–water partition coefficient (Wildman–Crippen LogP) is 4.62. The Kier molecular flexibility index (Phi) is 5.75. The molecule has 0 saturated heterocycles. The summed E-state index contributed by atoms with van der Waals surface area (Å²) in [5.41, 5.74) is 1.28. The van der Waals surface area contributed by atoms with Gasteiger partial charge in [-0.3, -0.25) is 4.79 Å². The molecule has 0 radical (unpaired) electrons. The molecule has 26 heavy (non-hydrogen) atoms. The van der Waals surface area contributed by atoms with Crippen molar-refractivity contribution in [2.24, 2.45) is 0 Å². The first-order chi connectivity index (χ1) is 12.5. The lowest BCUT2D eigenvalue weighted by molar-refractivity contribution is -0.116. The molecule has 0 saturated carbocycles. The summed E-state index contributed by atoms with van der Waals surface area (Å²) in [5, 5.41) is 7.55. The molecule has 6 nitrogen and oxygen atoms in total. The standard InChI is InChI=1S/C18H15Cl2N3O3/c1-25-13-4-2-3-11(9-13)18-22-17(26-23-18)8-7-16(24)21-15-6-5-12(19)10-14(15)20/h2-6,9-10H,7-8H2,1H3,(H,21,24). The summed E-state index contributed by atoms with van der Waals surface area (Å²) in [7, 11) is 1.59. The highest BCUT2D eigenvalue weighted by Crippen LogP contribution is 2.25. The normalized spacial score (nSPS) is 10.6. The summed E-state index contributed by atoms with van der Waals surface area (Å²) in [5.74, 6) is 1.31. The quantitative estimate of drug-likeness (QED) is 0.662. The number of aryl methyl sites for hydroxylation is 1. The van der Waals surface area contributed by atoms with Crippen LogP contribution in [0.5, 0.6) is 5.75 Å². The van der Waals surface area contributed by atoms with Crippen molar-refractivity contribution in [1.29, 1.82) is 0 Å². The number of benzene rings is 2. The van der Waals surface area contributed by atoms with Gasteiger partial charge in [0.25, 0.3) is 0 Å². The van der Waals surface area contributed by atoms with Crippen LogP contribution >= 0.6 is 23.2 Å². The van der Waals surface area contributed by atoms with Gasteiger partial charge in [0.1, 0.15) is 5.75 Å². The Morgan fingerprint density at radius 2 is 2.08 bits per heavy atom. The summed E-state index contributed by atoms with van der Waals surface area (Å²) in [6.45, 7) is 0. The van der Waals surface area contributed by atoms with E-state index in [9.17, 15) is 4.79 Å². The average molecular weight is 392 g/mol. The molecular formula is C18H15Cl2N3O3. The first kappa shape index (κ1) is 18.2. The molecule has 1 aromatic heterocycles. The van der Waals surface area contributed by atoms with Crippen LogP contribution < -0.4 is 10.1 Å². The molecule has 0 unspecified atom stereocenters. The van der Waals surface area contributed by atoms with Gasteiger partial charge < -0.3 is 14.6 Å². The lowest BCUT2D eigenvalue weighted by Crippen LogP contribution is -2.12. The van der Waals surface area contributed by atoms with Gasteiger partial charge in [0.05, 0.1) is 17.8 Å². The fraction of sp³-hybridized carbons (Fsp3) is 0.167. The van der Waals surface area contributed by atoms with Crippen LogP contribution in [0.2, 0.25) is 10.0 Å². The summed E-state index contributed by atoms with van der Waals surface area (Å²) in [6.07, 6.45) is 0.493. The summed E-state index contributed by atoms with van der Waals surface area (Å²) in [6, 6.07) is 12.2. The van der Waals surface area contributed by atoms with E-state index in [1.54, 1.807) is 25.3 Å². The van der Waals surface area contributed by atoms with Crippen molar-refractivity contribution in [2.45, 2.75) is 12.8 Å². The number of halogens is 2. The Bertz CT molecular complexity index is 928. The average Bonchev–Trinajstić information content (AvgIpc) is 3.11. The number of nitrogens with zero attached hydrogens (tertiary/aromatic N) is 2. The van der Waals surface area contributed by atoms with Crippen LogP contribution in [0.3, 0.4) is 0 Å². The fourth-order valence-corrected chi connectivity index (χ4v) is 2.72. The largest absolute Gasteiger partial charge is 0.497 e. The molecule has 0 bridgehead atoms. The number of carbonyl (C=O) groups is 1. The number of carbonyl (C=O) groups excluding carboxylic acids is 1. The number of amides is 1. The number of nitrogens with one attached hydrogen (secondary N) is 1. The van der Waals surface area contributed by atoms with Crippen molar-refractivity contribution >= 4 is 34.8 Å². The zero-order chi connectivity index (χ0) is 18.5. The molecule has 1 amide bonds. The molecule has 0 atom stereocenters. The van der Waals surface area contributed by atoms with E-state index < -0.39 is 0 Å². The first-order valence-corrected chi connectivity index (χ1v) is 8.52. The van der Waals surface area contributed by atoms with Crippen molar-refractivity contribution in [1.82, 2.24) is 10.1 Å². The van der Waals surface area contributed by atoms with Gasteiger partial charge in [-0.2, -0.15) is 4.98 Å². The Labute approximate surface area is 160 Å². The maximum Gasteiger partial charge on any atom is 0.227 e. The molecule has 0 aliphatic heterocycles. The zero-order valence-corrected chi connectivity index (χ0v) is 15.3. The van der Waals surface area contributed by atoms with Crippen molar-refractivity contribution in [3.05, 3.63) is 58.4 Å². The lowest BCUT2D eigenvalue weighted by atomic mass is 10.2. The van der Waals surface area contributed by atoms with Gasteiger partial charge in [0, 0.05) is 23.4 Å². The highest BCUT2D eigenvalue weighted by Gasteiger charge is 2.12. The number of aromatic nitrogens is 2. The molecule has 134 valence electrons. The molecule has 3 aromatic rings. The van der Waals surface area contributed by atoms with Gasteiger partial charge in [0.15, 0.2) is 0 Å². The molecule has 0 aliphatic rings. The third-order valence-electron chi connectivity index (χ3n) is 3.57. The second kappa shape index (κ2) is 8.21. The van der Waals surface area contributed by atoms with Crippen molar-refractivity contribution < 1.29 is 14.1 Å². The van der Waals surface area contributed by atoms with E-state index in [4.69, 9.17) is 32.5 Å². The number of hydrogen-bond donors (Lipinski definition) is 1. The van der Waals surface area contributed by atoms with E-state index in [0.29, 0.717) is 39.6 Å². The van der Waals surface area contributed by atoms with Crippen molar-refractivity contribution in [3.63, 3.8) is 0 Å². The highest BCUT2D eigenvalue weighted by molar-refractivity contribution is 6.36. The molecule has 3 rings (SSSR count). The van der Waals surface area contributed by atoms with Crippen LogP contribution in [0.25, 0.3) is 11.4 Å². The Balaban J connectivity index is 1.60. The maximum atomic E-state index is 12.1. The molecular weight excluding hydrogens is 377 g/mol. The Morgan fingerprint density at radius 3 is 2.85 bits per heavy atom.